The normalized spacial score (nSPS) is 16.3. The molecule has 3 aromatic heterocycles. The summed E-state index contributed by atoms with van der Waals surface area (Å²) in [6.07, 6.45) is 5.49. The molecule has 8 heteroatoms. The Hall–Kier alpha value is -2.22. The Morgan fingerprint density at radius 2 is 2.14 bits per heavy atom. The first-order valence-corrected chi connectivity index (χ1v) is 8.16. The summed E-state index contributed by atoms with van der Waals surface area (Å²) in [4.78, 5) is 15.1. The van der Waals surface area contributed by atoms with Gasteiger partial charge in [-0.15, -0.1) is 0 Å². The van der Waals surface area contributed by atoms with Gasteiger partial charge in [-0.3, -0.25) is 0 Å². The molecule has 22 heavy (non-hydrogen) atoms. The monoisotopic (exact) mass is 316 g/mol. The predicted octanol–water partition coefficient (Wildman–Crippen LogP) is 1.94. The first-order valence-electron chi connectivity index (χ1n) is 7.28. The highest BCUT2D eigenvalue weighted by molar-refractivity contribution is 7.11. The number of piperidine rings is 1. The molecule has 0 bridgehead atoms. The summed E-state index contributed by atoms with van der Waals surface area (Å²) in [5.74, 6) is 1.70. The third-order valence-electron chi connectivity index (χ3n) is 3.80. The van der Waals surface area contributed by atoms with E-state index in [2.05, 4.69) is 31.0 Å². The number of hydrogen-bond donors (Lipinski definition) is 0. The smallest absolute Gasteiger partial charge is 0.273 e. The Morgan fingerprint density at radius 1 is 1.27 bits per heavy atom. The Balaban J connectivity index is 1.49. The van der Waals surface area contributed by atoms with Crippen molar-refractivity contribution in [2.75, 3.05) is 18.0 Å². The molecule has 0 saturated carbocycles. The summed E-state index contributed by atoms with van der Waals surface area (Å²) < 4.78 is 7.71. The van der Waals surface area contributed by atoms with Crippen LogP contribution in [0.5, 0.6) is 5.19 Å². The number of rotatable bonds is 3. The number of ether oxygens (including phenoxy) is 1. The van der Waals surface area contributed by atoms with Crippen molar-refractivity contribution in [3.63, 3.8) is 0 Å². The lowest BCUT2D eigenvalue weighted by molar-refractivity contribution is 0.170. The lowest BCUT2D eigenvalue weighted by Crippen LogP contribution is -2.39. The number of anilines is 1. The van der Waals surface area contributed by atoms with Gasteiger partial charge in [0.2, 0.25) is 0 Å². The van der Waals surface area contributed by atoms with Crippen LogP contribution in [-0.2, 0) is 0 Å². The van der Waals surface area contributed by atoms with Gasteiger partial charge in [0, 0.05) is 49.3 Å². The second kappa shape index (κ2) is 5.53. The molecule has 0 N–H and O–H groups in total. The Bertz CT molecular complexity index is 763. The van der Waals surface area contributed by atoms with Crippen molar-refractivity contribution in [2.24, 2.45) is 0 Å². The van der Waals surface area contributed by atoms with Gasteiger partial charge in [-0.05, 0) is 6.92 Å². The van der Waals surface area contributed by atoms with E-state index in [0.717, 1.165) is 42.6 Å². The van der Waals surface area contributed by atoms with Gasteiger partial charge in [0.15, 0.2) is 0 Å². The molecule has 0 aliphatic carbocycles. The van der Waals surface area contributed by atoms with Gasteiger partial charge in [0.1, 0.15) is 18.2 Å². The number of fused-ring (bicyclic) bond motifs is 1. The van der Waals surface area contributed by atoms with Gasteiger partial charge in [-0.2, -0.15) is 14.6 Å². The van der Waals surface area contributed by atoms with E-state index < -0.39 is 0 Å². The minimum absolute atomic E-state index is 0.233. The zero-order valence-electron chi connectivity index (χ0n) is 12.2. The van der Waals surface area contributed by atoms with Crippen LogP contribution in [0.15, 0.2) is 24.0 Å². The van der Waals surface area contributed by atoms with E-state index >= 15 is 0 Å². The predicted molar refractivity (Wildman–Crippen MR) is 83.5 cm³/mol. The summed E-state index contributed by atoms with van der Waals surface area (Å²) in [6, 6.07) is 2.06. The molecule has 1 saturated heterocycles. The van der Waals surface area contributed by atoms with Crippen molar-refractivity contribution < 1.29 is 4.74 Å². The number of hydrogen-bond acceptors (Lipinski definition) is 7. The van der Waals surface area contributed by atoms with Crippen molar-refractivity contribution in [1.82, 2.24) is 24.6 Å². The molecular weight excluding hydrogens is 300 g/mol. The van der Waals surface area contributed by atoms with Crippen LogP contribution >= 0.6 is 11.3 Å². The van der Waals surface area contributed by atoms with Crippen LogP contribution in [0, 0.1) is 6.92 Å². The number of aromatic nitrogens is 5. The Morgan fingerprint density at radius 3 is 2.91 bits per heavy atom. The highest BCUT2D eigenvalue weighted by Gasteiger charge is 2.23. The molecule has 0 atom stereocenters. The molecule has 0 amide bonds. The van der Waals surface area contributed by atoms with E-state index in [-0.39, 0.29) is 6.10 Å². The van der Waals surface area contributed by atoms with Crippen LogP contribution < -0.4 is 9.64 Å². The topological polar surface area (TPSA) is 68.4 Å². The molecule has 0 spiro atoms. The van der Waals surface area contributed by atoms with Crippen LogP contribution in [0.4, 0.5) is 5.82 Å². The fourth-order valence-electron chi connectivity index (χ4n) is 2.75. The Kier molecular flexibility index (Phi) is 3.38. The van der Waals surface area contributed by atoms with E-state index in [4.69, 9.17) is 4.74 Å². The summed E-state index contributed by atoms with van der Waals surface area (Å²) >= 11 is 1.54. The molecule has 1 aliphatic heterocycles. The van der Waals surface area contributed by atoms with Crippen LogP contribution in [-0.4, -0.2) is 43.8 Å². The third kappa shape index (κ3) is 2.50. The quantitative estimate of drug-likeness (QED) is 0.735. The van der Waals surface area contributed by atoms with E-state index in [1.165, 1.54) is 0 Å². The van der Waals surface area contributed by atoms with Crippen LogP contribution in [0.2, 0.25) is 0 Å². The summed E-state index contributed by atoms with van der Waals surface area (Å²) in [5.41, 5.74) is 0.955. The minimum atomic E-state index is 0.233. The van der Waals surface area contributed by atoms with Gasteiger partial charge in [0.05, 0.1) is 0 Å². The van der Waals surface area contributed by atoms with Crippen LogP contribution in [0.25, 0.3) is 5.78 Å². The van der Waals surface area contributed by atoms with Crippen molar-refractivity contribution in [3.8, 4) is 5.19 Å². The standard InChI is InChI=1S/C14H16N6OS/c1-10-8-12(20-13(18-10)16-9-17-20)19-5-2-11(3-6-19)21-14-15-4-7-22-14/h4,7-9,11H,2-3,5-6H2,1H3. The molecule has 0 aromatic carbocycles. The molecule has 4 heterocycles. The first kappa shape index (κ1) is 13.4. The first-order chi connectivity index (χ1) is 10.8. The van der Waals surface area contributed by atoms with Crippen LogP contribution in [0.1, 0.15) is 18.5 Å². The zero-order chi connectivity index (χ0) is 14.9. The maximum absolute atomic E-state index is 5.91. The number of aryl methyl sites for hydroxylation is 1. The summed E-state index contributed by atoms with van der Waals surface area (Å²) in [6.45, 7) is 3.83. The third-order valence-corrected chi connectivity index (χ3v) is 4.47. The summed E-state index contributed by atoms with van der Waals surface area (Å²) in [5, 5.41) is 6.97. The number of thiazole rings is 1. The SMILES string of the molecule is Cc1cc(N2CCC(Oc3nccs3)CC2)n2ncnc2n1. The molecule has 3 aromatic rings. The maximum Gasteiger partial charge on any atom is 0.273 e. The molecule has 114 valence electrons. The molecular formula is C14H16N6OS. The second-order valence-electron chi connectivity index (χ2n) is 5.33. The molecule has 7 nitrogen and oxygen atoms in total. The number of nitrogens with zero attached hydrogens (tertiary/aromatic N) is 6. The lowest BCUT2D eigenvalue weighted by Gasteiger charge is -2.33. The average molecular weight is 316 g/mol. The molecule has 1 aliphatic rings. The van der Waals surface area contributed by atoms with Gasteiger partial charge < -0.3 is 9.64 Å². The van der Waals surface area contributed by atoms with Crippen molar-refractivity contribution in [1.29, 1.82) is 0 Å². The van der Waals surface area contributed by atoms with E-state index in [0.29, 0.717) is 5.78 Å². The van der Waals surface area contributed by atoms with Crippen molar-refractivity contribution in [2.45, 2.75) is 25.9 Å². The van der Waals surface area contributed by atoms with Gasteiger partial charge in [0.25, 0.3) is 11.0 Å². The van der Waals surface area contributed by atoms with E-state index in [9.17, 15) is 0 Å². The van der Waals surface area contributed by atoms with Crippen molar-refractivity contribution >= 4 is 22.9 Å². The highest BCUT2D eigenvalue weighted by Crippen LogP contribution is 2.24. The average Bonchev–Trinajstić information content (AvgIpc) is 3.18. The largest absolute Gasteiger partial charge is 0.467 e. The van der Waals surface area contributed by atoms with Crippen LogP contribution in [0.3, 0.4) is 0 Å². The highest BCUT2D eigenvalue weighted by atomic mass is 32.1. The molecule has 4 rings (SSSR count). The molecule has 0 unspecified atom stereocenters. The van der Waals surface area contributed by atoms with Gasteiger partial charge >= 0.3 is 0 Å². The molecule has 1 fully saturated rings. The van der Waals surface area contributed by atoms with Crippen molar-refractivity contribution in [3.05, 3.63) is 29.7 Å². The minimum Gasteiger partial charge on any atom is -0.467 e. The second-order valence-corrected chi connectivity index (χ2v) is 6.19. The van der Waals surface area contributed by atoms with Gasteiger partial charge in [-0.25, -0.2) is 9.97 Å². The van der Waals surface area contributed by atoms with E-state index in [1.807, 2.05) is 12.3 Å². The summed E-state index contributed by atoms with van der Waals surface area (Å²) in [7, 11) is 0. The Labute approximate surface area is 131 Å². The van der Waals surface area contributed by atoms with E-state index in [1.54, 1.807) is 28.4 Å². The maximum atomic E-state index is 5.91. The zero-order valence-corrected chi connectivity index (χ0v) is 13.0. The fraction of sp³-hybridized carbons (Fsp3) is 0.429. The van der Waals surface area contributed by atoms with Gasteiger partial charge in [-0.1, -0.05) is 11.3 Å². The lowest BCUT2D eigenvalue weighted by atomic mass is 10.1. The fourth-order valence-corrected chi connectivity index (χ4v) is 3.30. The molecule has 0 radical (unpaired) electrons.